The molecule has 7 heteroatoms. The second-order valence-corrected chi connectivity index (χ2v) is 12.2. The van der Waals surface area contributed by atoms with E-state index in [1.54, 1.807) is 4.90 Å². The quantitative estimate of drug-likeness (QED) is 0.205. The Hall–Kier alpha value is -3.55. The van der Waals surface area contributed by atoms with Gasteiger partial charge in [-0.3, -0.25) is 19.3 Å². The van der Waals surface area contributed by atoms with Crippen molar-refractivity contribution >= 4 is 55.3 Å². The van der Waals surface area contributed by atoms with Crippen LogP contribution >= 0.6 is 31.9 Å². The van der Waals surface area contributed by atoms with Crippen molar-refractivity contribution in [3.63, 3.8) is 0 Å². The second kappa shape index (κ2) is 10.8. The molecule has 0 saturated carbocycles. The fraction of sp³-hybridized carbons (Fsp3) is 0.182. The standard InChI is InChI=1S/C33H26Br2N2O3/c34-25-13-11-24(12-14-25)21-37-30(38)18-28(31(37)39)33(19-22-7-3-1-4-8-22)27-16-15-26(35)17-29(27)36(32(33)40)20-23-9-5-2-6-10-23/h1-17,28H,18-21H2/t28-,33+/m0/s1. The van der Waals surface area contributed by atoms with Gasteiger partial charge in [0.25, 0.3) is 0 Å². The van der Waals surface area contributed by atoms with E-state index in [0.29, 0.717) is 13.0 Å². The van der Waals surface area contributed by atoms with Gasteiger partial charge in [0.05, 0.1) is 24.4 Å². The molecule has 4 aromatic carbocycles. The van der Waals surface area contributed by atoms with Crippen molar-refractivity contribution in [2.75, 3.05) is 4.90 Å². The molecule has 1 saturated heterocycles. The van der Waals surface area contributed by atoms with Crippen molar-refractivity contribution in [1.82, 2.24) is 4.90 Å². The van der Waals surface area contributed by atoms with Crippen LogP contribution in [0.25, 0.3) is 0 Å². The molecule has 2 atom stereocenters. The Labute approximate surface area is 250 Å². The van der Waals surface area contributed by atoms with Crippen LogP contribution in [-0.2, 0) is 39.3 Å². The van der Waals surface area contributed by atoms with E-state index in [-0.39, 0.29) is 30.7 Å². The summed E-state index contributed by atoms with van der Waals surface area (Å²) >= 11 is 7.03. The van der Waals surface area contributed by atoms with Crippen LogP contribution in [0.5, 0.6) is 0 Å². The van der Waals surface area contributed by atoms with E-state index in [1.807, 2.05) is 103 Å². The Balaban J connectivity index is 1.46. The summed E-state index contributed by atoms with van der Waals surface area (Å²) in [6, 6.07) is 33.0. The maximum absolute atomic E-state index is 14.8. The number of hydrogen-bond acceptors (Lipinski definition) is 3. The van der Waals surface area contributed by atoms with Crippen LogP contribution in [0.1, 0.15) is 28.7 Å². The molecule has 200 valence electrons. The second-order valence-electron chi connectivity index (χ2n) is 10.4. The van der Waals surface area contributed by atoms with E-state index >= 15 is 0 Å². The Morgan fingerprint density at radius 2 is 1.25 bits per heavy atom. The lowest BCUT2D eigenvalue weighted by molar-refractivity contribution is -0.142. The minimum Gasteiger partial charge on any atom is -0.307 e. The third-order valence-corrected chi connectivity index (χ3v) is 8.98. The van der Waals surface area contributed by atoms with Crippen LogP contribution in [0.3, 0.4) is 0 Å². The fourth-order valence-electron chi connectivity index (χ4n) is 6.05. The van der Waals surface area contributed by atoms with Gasteiger partial charge >= 0.3 is 0 Å². The average molecular weight is 658 g/mol. The van der Waals surface area contributed by atoms with Crippen molar-refractivity contribution < 1.29 is 14.4 Å². The van der Waals surface area contributed by atoms with Crippen LogP contribution < -0.4 is 4.90 Å². The van der Waals surface area contributed by atoms with Crippen molar-refractivity contribution in [2.45, 2.75) is 31.3 Å². The first-order valence-electron chi connectivity index (χ1n) is 13.2. The fourth-order valence-corrected chi connectivity index (χ4v) is 6.66. The van der Waals surface area contributed by atoms with Crippen LogP contribution in [0.15, 0.2) is 112 Å². The summed E-state index contributed by atoms with van der Waals surface area (Å²) in [5.74, 6) is -1.51. The molecule has 6 rings (SSSR count). The van der Waals surface area contributed by atoms with E-state index < -0.39 is 11.3 Å². The van der Waals surface area contributed by atoms with Gasteiger partial charge in [-0.25, -0.2) is 0 Å². The number of fused-ring (bicyclic) bond motifs is 1. The SMILES string of the molecule is O=C1C[C@H]([C@]2(Cc3ccccc3)C(=O)N(Cc3ccccc3)c3cc(Br)ccc32)C(=O)N1Cc1ccc(Br)cc1. The normalized spacial score (nSPS) is 20.4. The van der Waals surface area contributed by atoms with Gasteiger partial charge in [-0.2, -0.15) is 0 Å². The maximum atomic E-state index is 14.8. The van der Waals surface area contributed by atoms with Gasteiger partial charge < -0.3 is 4.90 Å². The van der Waals surface area contributed by atoms with E-state index in [2.05, 4.69) is 31.9 Å². The predicted octanol–water partition coefficient (Wildman–Crippen LogP) is 6.81. The summed E-state index contributed by atoms with van der Waals surface area (Å²) in [6.07, 6.45) is 0.311. The zero-order valence-electron chi connectivity index (χ0n) is 21.6. The number of nitrogens with zero attached hydrogens (tertiary/aromatic N) is 2. The minimum absolute atomic E-state index is 0.0113. The highest BCUT2D eigenvalue weighted by Crippen LogP contribution is 2.52. The molecule has 0 aromatic heterocycles. The molecule has 2 aliphatic heterocycles. The lowest BCUT2D eigenvalue weighted by Gasteiger charge is -2.33. The highest BCUT2D eigenvalue weighted by Gasteiger charge is 2.61. The topological polar surface area (TPSA) is 57.7 Å². The Morgan fingerprint density at radius 3 is 1.93 bits per heavy atom. The zero-order valence-corrected chi connectivity index (χ0v) is 24.8. The summed E-state index contributed by atoms with van der Waals surface area (Å²) in [4.78, 5) is 45.5. The van der Waals surface area contributed by atoms with Crippen molar-refractivity contribution in [2.24, 2.45) is 5.92 Å². The van der Waals surface area contributed by atoms with Gasteiger partial charge in [-0.05, 0) is 52.9 Å². The van der Waals surface area contributed by atoms with Crippen LogP contribution in [-0.4, -0.2) is 22.6 Å². The van der Waals surface area contributed by atoms with Gasteiger partial charge in [-0.15, -0.1) is 0 Å². The third kappa shape index (κ3) is 4.71. The number of hydrogen-bond donors (Lipinski definition) is 0. The molecule has 3 amide bonds. The molecule has 0 radical (unpaired) electrons. The number of anilines is 1. The van der Waals surface area contributed by atoms with Crippen molar-refractivity contribution in [3.8, 4) is 0 Å². The van der Waals surface area contributed by atoms with E-state index in [9.17, 15) is 14.4 Å². The van der Waals surface area contributed by atoms with Gasteiger partial charge in [0.1, 0.15) is 0 Å². The summed E-state index contributed by atoms with van der Waals surface area (Å²) in [7, 11) is 0. The lowest BCUT2D eigenvalue weighted by atomic mass is 9.66. The smallest absolute Gasteiger partial charge is 0.239 e. The molecular formula is C33H26Br2N2O3. The number of benzene rings is 4. The molecular weight excluding hydrogens is 632 g/mol. The average Bonchev–Trinajstić information content (AvgIpc) is 3.36. The number of amides is 3. The highest BCUT2D eigenvalue weighted by atomic mass is 79.9. The number of halogens is 2. The largest absolute Gasteiger partial charge is 0.307 e. The molecule has 4 aromatic rings. The summed E-state index contributed by atoms with van der Waals surface area (Å²) in [5, 5.41) is 0. The first-order valence-corrected chi connectivity index (χ1v) is 14.7. The Morgan fingerprint density at radius 1 is 0.675 bits per heavy atom. The molecule has 40 heavy (non-hydrogen) atoms. The number of carbonyl (C=O) groups is 3. The first-order chi connectivity index (χ1) is 19.4. The highest BCUT2D eigenvalue weighted by molar-refractivity contribution is 9.10. The van der Waals surface area contributed by atoms with Crippen LogP contribution in [0, 0.1) is 5.92 Å². The minimum atomic E-state index is -1.21. The molecule has 0 bridgehead atoms. The van der Waals surface area contributed by atoms with Crippen LogP contribution in [0.2, 0.25) is 0 Å². The Bertz CT molecular complexity index is 1590. The first kappa shape index (κ1) is 26.7. The number of imide groups is 1. The number of likely N-dealkylation sites (tertiary alicyclic amines) is 1. The molecule has 5 nitrogen and oxygen atoms in total. The van der Waals surface area contributed by atoms with E-state index in [1.165, 1.54) is 4.90 Å². The van der Waals surface area contributed by atoms with Crippen LogP contribution in [0.4, 0.5) is 5.69 Å². The lowest BCUT2D eigenvalue weighted by Crippen LogP contribution is -2.49. The van der Waals surface area contributed by atoms with Gasteiger partial charge in [0.15, 0.2) is 0 Å². The molecule has 2 heterocycles. The maximum Gasteiger partial charge on any atom is 0.239 e. The van der Waals surface area contributed by atoms with E-state index in [4.69, 9.17) is 0 Å². The summed E-state index contributed by atoms with van der Waals surface area (Å²) < 4.78 is 1.77. The van der Waals surface area contributed by atoms with Gasteiger partial charge in [-0.1, -0.05) is 111 Å². The molecule has 2 aliphatic rings. The van der Waals surface area contributed by atoms with Gasteiger partial charge in [0, 0.05) is 21.1 Å². The van der Waals surface area contributed by atoms with E-state index in [0.717, 1.165) is 36.9 Å². The van der Waals surface area contributed by atoms with Crippen molar-refractivity contribution in [1.29, 1.82) is 0 Å². The third-order valence-electron chi connectivity index (χ3n) is 7.96. The molecule has 0 N–H and O–H groups in total. The molecule has 0 spiro atoms. The molecule has 1 fully saturated rings. The summed E-state index contributed by atoms with van der Waals surface area (Å²) in [6.45, 7) is 0.551. The molecule has 0 aliphatic carbocycles. The van der Waals surface area contributed by atoms with Crippen molar-refractivity contribution in [3.05, 3.63) is 134 Å². The Kier molecular flexibility index (Phi) is 7.19. The summed E-state index contributed by atoms with van der Waals surface area (Å²) in [5.41, 5.74) is 3.13. The predicted molar refractivity (Wildman–Crippen MR) is 161 cm³/mol. The van der Waals surface area contributed by atoms with Gasteiger partial charge in [0.2, 0.25) is 17.7 Å². The number of carbonyl (C=O) groups excluding carboxylic acids is 3. The number of rotatable bonds is 7. The zero-order chi connectivity index (χ0) is 27.9. The monoisotopic (exact) mass is 656 g/mol. The molecule has 0 unspecified atom stereocenters.